The van der Waals surface area contributed by atoms with E-state index in [0.29, 0.717) is 38.2 Å². The highest BCUT2D eigenvalue weighted by Gasteiger charge is 2.46. The summed E-state index contributed by atoms with van der Waals surface area (Å²) < 4.78 is 5.24. The first-order valence-electron chi connectivity index (χ1n) is 6.61. The SMILES string of the molecule is CC(C)(C)Cc1noc(C2(C(=O)O)CCNCC2)n1. The number of hydrogen-bond acceptors (Lipinski definition) is 5. The fraction of sp³-hybridized carbons (Fsp3) is 0.769. The maximum absolute atomic E-state index is 11.6. The first-order chi connectivity index (χ1) is 8.83. The summed E-state index contributed by atoms with van der Waals surface area (Å²) in [6, 6.07) is 0. The van der Waals surface area contributed by atoms with E-state index in [4.69, 9.17) is 4.52 Å². The molecule has 0 amide bonds. The van der Waals surface area contributed by atoms with Crippen molar-refractivity contribution in [2.75, 3.05) is 13.1 Å². The van der Waals surface area contributed by atoms with Crippen molar-refractivity contribution in [3.63, 3.8) is 0 Å². The van der Waals surface area contributed by atoms with E-state index in [-0.39, 0.29) is 11.3 Å². The Labute approximate surface area is 112 Å². The second kappa shape index (κ2) is 4.92. The van der Waals surface area contributed by atoms with Gasteiger partial charge in [0.25, 0.3) is 0 Å². The lowest BCUT2D eigenvalue weighted by Crippen LogP contribution is -2.45. The first kappa shape index (κ1) is 14.0. The second-order valence-electron chi connectivity index (χ2n) is 6.39. The Kier molecular flexibility index (Phi) is 3.62. The molecular formula is C13H21N3O3. The molecule has 0 aliphatic carbocycles. The minimum absolute atomic E-state index is 0.0473. The third-order valence-electron chi connectivity index (χ3n) is 3.43. The van der Waals surface area contributed by atoms with Crippen LogP contribution in [0.3, 0.4) is 0 Å². The Balaban J connectivity index is 2.26. The Morgan fingerprint density at radius 3 is 2.58 bits per heavy atom. The standard InChI is InChI=1S/C13H21N3O3/c1-12(2,3)8-9-15-10(19-16-9)13(11(17)18)4-6-14-7-5-13/h14H,4-8H2,1-3H3,(H,17,18). The summed E-state index contributed by atoms with van der Waals surface area (Å²) in [5.74, 6) is -0.0395. The number of aromatic nitrogens is 2. The van der Waals surface area contributed by atoms with Gasteiger partial charge in [-0.2, -0.15) is 4.98 Å². The summed E-state index contributed by atoms with van der Waals surface area (Å²) in [4.78, 5) is 15.9. The maximum atomic E-state index is 11.6. The van der Waals surface area contributed by atoms with E-state index in [1.807, 2.05) is 0 Å². The molecule has 1 aromatic heterocycles. The Bertz CT molecular complexity index is 456. The predicted octanol–water partition coefficient (Wildman–Crippen LogP) is 1.36. The van der Waals surface area contributed by atoms with Crippen molar-refractivity contribution < 1.29 is 14.4 Å². The lowest BCUT2D eigenvalue weighted by Gasteiger charge is -2.29. The fourth-order valence-corrected chi connectivity index (χ4v) is 2.37. The topological polar surface area (TPSA) is 88.2 Å². The molecule has 0 unspecified atom stereocenters. The highest BCUT2D eigenvalue weighted by molar-refractivity contribution is 5.80. The number of nitrogens with zero attached hydrogens (tertiary/aromatic N) is 2. The zero-order chi connectivity index (χ0) is 14.1. The van der Waals surface area contributed by atoms with Crippen molar-refractivity contribution in [1.82, 2.24) is 15.5 Å². The average Bonchev–Trinajstić information content (AvgIpc) is 2.76. The van der Waals surface area contributed by atoms with E-state index in [1.54, 1.807) is 0 Å². The second-order valence-corrected chi connectivity index (χ2v) is 6.39. The lowest BCUT2D eigenvalue weighted by molar-refractivity contribution is -0.146. The summed E-state index contributed by atoms with van der Waals surface area (Å²) >= 11 is 0. The monoisotopic (exact) mass is 267 g/mol. The molecule has 6 heteroatoms. The van der Waals surface area contributed by atoms with Gasteiger partial charge < -0.3 is 14.9 Å². The van der Waals surface area contributed by atoms with E-state index in [2.05, 4.69) is 36.2 Å². The maximum Gasteiger partial charge on any atom is 0.319 e. The smallest absolute Gasteiger partial charge is 0.319 e. The van der Waals surface area contributed by atoms with Gasteiger partial charge in [0, 0.05) is 6.42 Å². The van der Waals surface area contributed by atoms with Gasteiger partial charge in [-0.25, -0.2) is 0 Å². The molecule has 1 aromatic rings. The molecule has 2 rings (SSSR count). The number of piperidine rings is 1. The van der Waals surface area contributed by atoms with Gasteiger partial charge in [-0.05, 0) is 31.3 Å². The molecule has 0 atom stereocenters. The average molecular weight is 267 g/mol. The first-order valence-corrected chi connectivity index (χ1v) is 6.61. The van der Waals surface area contributed by atoms with Gasteiger partial charge in [0.15, 0.2) is 5.82 Å². The van der Waals surface area contributed by atoms with Crippen LogP contribution in [0, 0.1) is 5.41 Å². The van der Waals surface area contributed by atoms with Gasteiger partial charge in [-0.1, -0.05) is 25.9 Å². The van der Waals surface area contributed by atoms with Crippen LogP contribution < -0.4 is 5.32 Å². The summed E-state index contributed by atoms with van der Waals surface area (Å²) in [6.45, 7) is 7.56. The quantitative estimate of drug-likeness (QED) is 0.859. The number of carboxylic acids is 1. The summed E-state index contributed by atoms with van der Waals surface area (Å²) in [5.41, 5.74) is -0.972. The van der Waals surface area contributed by atoms with Crippen LogP contribution in [-0.2, 0) is 16.6 Å². The van der Waals surface area contributed by atoms with Gasteiger partial charge in [0.2, 0.25) is 5.89 Å². The molecule has 2 heterocycles. The van der Waals surface area contributed by atoms with Crippen LogP contribution in [0.4, 0.5) is 0 Å². The van der Waals surface area contributed by atoms with Crippen molar-refractivity contribution in [2.24, 2.45) is 5.41 Å². The molecule has 6 nitrogen and oxygen atoms in total. The fourth-order valence-electron chi connectivity index (χ4n) is 2.37. The van der Waals surface area contributed by atoms with Crippen LogP contribution in [0.25, 0.3) is 0 Å². The summed E-state index contributed by atoms with van der Waals surface area (Å²) in [7, 11) is 0. The van der Waals surface area contributed by atoms with Crippen LogP contribution in [0.5, 0.6) is 0 Å². The molecule has 19 heavy (non-hydrogen) atoms. The molecule has 0 radical (unpaired) electrons. The largest absolute Gasteiger partial charge is 0.480 e. The molecule has 0 aromatic carbocycles. The van der Waals surface area contributed by atoms with Gasteiger partial charge in [0.05, 0.1) is 0 Å². The van der Waals surface area contributed by atoms with Crippen LogP contribution >= 0.6 is 0 Å². The number of rotatable bonds is 3. The molecule has 2 N–H and O–H groups in total. The number of hydrogen-bond donors (Lipinski definition) is 2. The number of carboxylic acid groups (broad SMARTS) is 1. The van der Waals surface area contributed by atoms with E-state index >= 15 is 0 Å². The Morgan fingerprint density at radius 2 is 2.05 bits per heavy atom. The van der Waals surface area contributed by atoms with Crippen LogP contribution in [0.1, 0.15) is 45.3 Å². The van der Waals surface area contributed by atoms with Crippen molar-refractivity contribution in [1.29, 1.82) is 0 Å². The molecule has 1 saturated heterocycles. The van der Waals surface area contributed by atoms with Crippen LogP contribution in [0.15, 0.2) is 4.52 Å². The number of carbonyl (C=O) groups is 1. The van der Waals surface area contributed by atoms with Gasteiger partial charge in [0.1, 0.15) is 5.41 Å². The highest BCUT2D eigenvalue weighted by Crippen LogP contribution is 2.33. The third-order valence-corrected chi connectivity index (χ3v) is 3.43. The molecule has 1 fully saturated rings. The zero-order valence-electron chi connectivity index (χ0n) is 11.7. The molecule has 1 aliphatic rings. The van der Waals surface area contributed by atoms with Gasteiger partial charge >= 0.3 is 5.97 Å². The number of aliphatic carboxylic acids is 1. The van der Waals surface area contributed by atoms with E-state index in [9.17, 15) is 9.90 Å². The third kappa shape index (κ3) is 2.94. The molecule has 106 valence electrons. The Morgan fingerprint density at radius 1 is 1.42 bits per heavy atom. The molecular weight excluding hydrogens is 246 g/mol. The van der Waals surface area contributed by atoms with Crippen molar-refractivity contribution in [2.45, 2.75) is 45.4 Å². The Hall–Kier alpha value is -1.43. The molecule has 0 bridgehead atoms. The highest BCUT2D eigenvalue weighted by atomic mass is 16.5. The molecule has 0 saturated carbocycles. The molecule has 0 spiro atoms. The van der Waals surface area contributed by atoms with Gasteiger partial charge in [-0.3, -0.25) is 4.79 Å². The van der Waals surface area contributed by atoms with Crippen molar-refractivity contribution >= 4 is 5.97 Å². The molecule has 1 aliphatic heterocycles. The van der Waals surface area contributed by atoms with Crippen molar-refractivity contribution in [3.05, 3.63) is 11.7 Å². The van der Waals surface area contributed by atoms with E-state index < -0.39 is 11.4 Å². The van der Waals surface area contributed by atoms with Crippen LogP contribution in [-0.4, -0.2) is 34.3 Å². The zero-order valence-corrected chi connectivity index (χ0v) is 11.7. The summed E-state index contributed by atoms with van der Waals surface area (Å²) in [5, 5.41) is 16.6. The minimum Gasteiger partial charge on any atom is -0.480 e. The van der Waals surface area contributed by atoms with E-state index in [0.717, 1.165) is 0 Å². The number of nitrogens with one attached hydrogen (secondary N) is 1. The van der Waals surface area contributed by atoms with Crippen molar-refractivity contribution in [3.8, 4) is 0 Å². The van der Waals surface area contributed by atoms with E-state index in [1.165, 1.54) is 0 Å². The lowest BCUT2D eigenvalue weighted by atomic mass is 9.79. The normalized spacial score (nSPS) is 19.3. The minimum atomic E-state index is -1.02. The van der Waals surface area contributed by atoms with Gasteiger partial charge in [-0.15, -0.1) is 0 Å². The van der Waals surface area contributed by atoms with Crippen LogP contribution in [0.2, 0.25) is 0 Å². The predicted molar refractivity (Wildman–Crippen MR) is 68.9 cm³/mol. The summed E-state index contributed by atoms with van der Waals surface area (Å²) in [6.07, 6.45) is 1.64.